The van der Waals surface area contributed by atoms with Gasteiger partial charge in [0.05, 0.1) is 0 Å². The van der Waals surface area contributed by atoms with E-state index < -0.39 is 0 Å². The molecule has 0 saturated carbocycles. The zero-order valence-electron chi connectivity index (χ0n) is 11.7. The monoisotopic (exact) mass is 246 g/mol. The number of aromatic hydroxyl groups is 1. The van der Waals surface area contributed by atoms with Gasteiger partial charge in [-0.1, -0.05) is 51.5 Å². The summed E-state index contributed by atoms with van der Waals surface area (Å²) in [5, 5.41) is 9.67. The van der Waals surface area contributed by atoms with E-state index >= 15 is 0 Å². The molecule has 0 fully saturated rings. The van der Waals surface area contributed by atoms with E-state index in [-0.39, 0.29) is 0 Å². The first-order valence-corrected chi connectivity index (χ1v) is 7.65. The van der Waals surface area contributed by atoms with Crippen LogP contribution in [0.2, 0.25) is 0 Å². The Morgan fingerprint density at radius 2 is 1.56 bits per heavy atom. The van der Waals surface area contributed by atoms with Crippen LogP contribution in [0.3, 0.4) is 0 Å². The van der Waals surface area contributed by atoms with Gasteiger partial charge < -0.3 is 5.11 Å². The molecule has 0 spiro atoms. The van der Waals surface area contributed by atoms with Crippen LogP contribution in [0.1, 0.15) is 68.6 Å². The molecule has 18 heavy (non-hydrogen) atoms. The smallest absolute Gasteiger partial charge is 0.119 e. The maximum absolute atomic E-state index is 9.67. The minimum absolute atomic E-state index is 0.513. The summed E-state index contributed by atoms with van der Waals surface area (Å²) in [6.45, 7) is 2.27. The summed E-state index contributed by atoms with van der Waals surface area (Å²) < 4.78 is 0. The SMILES string of the molecule is CCCCCCCCCc1ccc(O)c2c1CC2. The average Bonchev–Trinajstić information content (AvgIpc) is 2.31. The van der Waals surface area contributed by atoms with Crippen LogP contribution in [-0.4, -0.2) is 5.11 Å². The van der Waals surface area contributed by atoms with Crippen LogP contribution < -0.4 is 0 Å². The summed E-state index contributed by atoms with van der Waals surface area (Å²) in [6, 6.07) is 4.01. The Hall–Kier alpha value is -0.980. The standard InChI is InChI=1S/C17H26O/c1-2-3-4-5-6-7-8-9-14-10-13-17(18)16-12-11-15(14)16/h10,13,18H,2-9,11-12H2,1H3. The Bertz CT molecular complexity index is 381. The number of hydrogen-bond acceptors (Lipinski definition) is 1. The van der Waals surface area contributed by atoms with E-state index in [9.17, 15) is 5.11 Å². The molecule has 1 nitrogen and oxygen atoms in total. The summed E-state index contributed by atoms with van der Waals surface area (Å²) >= 11 is 0. The number of hydrogen-bond donors (Lipinski definition) is 1. The molecular formula is C17H26O. The van der Waals surface area contributed by atoms with Crippen LogP contribution in [-0.2, 0) is 19.3 Å². The summed E-state index contributed by atoms with van der Waals surface area (Å²) in [6.07, 6.45) is 13.1. The van der Waals surface area contributed by atoms with Gasteiger partial charge in [0.15, 0.2) is 0 Å². The van der Waals surface area contributed by atoms with Gasteiger partial charge in [-0.05, 0) is 48.4 Å². The molecule has 0 aliphatic heterocycles. The van der Waals surface area contributed by atoms with E-state index in [0.29, 0.717) is 5.75 Å². The highest BCUT2D eigenvalue weighted by atomic mass is 16.3. The number of rotatable bonds is 8. The normalized spacial score (nSPS) is 13.2. The molecule has 0 saturated heterocycles. The summed E-state index contributed by atoms with van der Waals surface area (Å²) in [7, 11) is 0. The minimum atomic E-state index is 0.513. The van der Waals surface area contributed by atoms with E-state index in [1.54, 1.807) is 0 Å². The lowest BCUT2D eigenvalue weighted by Crippen LogP contribution is -2.12. The molecule has 0 bridgehead atoms. The molecule has 2 rings (SSSR count). The third kappa shape index (κ3) is 3.28. The predicted octanol–water partition coefficient (Wildman–Crippen LogP) is 4.78. The highest BCUT2D eigenvalue weighted by molar-refractivity contribution is 5.50. The maximum atomic E-state index is 9.67. The topological polar surface area (TPSA) is 20.2 Å². The zero-order valence-corrected chi connectivity index (χ0v) is 11.7. The summed E-state index contributed by atoms with van der Waals surface area (Å²) in [5.41, 5.74) is 4.15. The average molecular weight is 246 g/mol. The van der Waals surface area contributed by atoms with Crippen molar-refractivity contribution >= 4 is 0 Å². The van der Waals surface area contributed by atoms with Crippen molar-refractivity contribution in [1.29, 1.82) is 0 Å². The molecule has 1 aliphatic carbocycles. The third-order valence-electron chi connectivity index (χ3n) is 4.18. The van der Waals surface area contributed by atoms with Crippen LogP contribution in [0.5, 0.6) is 5.75 Å². The molecule has 1 heteroatoms. The Balaban J connectivity index is 1.67. The molecule has 0 atom stereocenters. The van der Waals surface area contributed by atoms with Crippen LogP contribution in [0.15, 0.2) is 12.1 Å². The first-order chi connectivity index (χ1) is 8.83. The van der Waals surface area contributed by atoms with Crippen molar-refractivity contribution in [2.24, 2.45) is 0 Å². The third-order valence-corrected chi connectivity index (χ3v) is 4.18. The van der Waals surface area contributed by atoms with Crippen LogP contribution >= 0.6 is 0 Å². The fraction of sp³-hybridized carbons (Fsp3) is 0.647. The number of aryl methyl sites for hydroxylation is 1. The Morgan fingerprint density at radius 3 is 2.22 bits per heavy atom. The maximum Gasteiger partial charge on any atom is 0.119 e. The molecule has 0 amide bonds. The van der Waals surface area contributed by atoms with Crippen molar-refractivity contribution in [3.05, 3.63) is 28.8 Å². The molecule has 0 unspecified atom stereocenters. The molecule has 1 N–H and O–H groups in total. The van der Waals surface area contributed by atoms with Gasteiger partial charge >= 0.3 is 0 Å². The van der Waals surface area contributed by atoms with Gasteiger partial charge in [0.25, 0.3) is 0 Å². The fourth-order valence-corrected chi connectivity index (χ4v) is 2.90. The van der Waals surface area contributed by atoms with Crippen LogP contribution in [0, 0.1) is 0 Å². The van der Waals surface area contributed by atoms with E-state index in [0.717, 1.165) is 6.42 Å². The summed E-state index contributed by atoms with van der Waals surface area (Å²) in [4.78, 5) is 0. The van der Waals surface area contributed by atoms with Crippen molar-refractivity contribution in [2.75, 3.05) is 0 Å². The first kappa shape index (κ1) is 13.5. The largest absolute Gasteiger partial charge is 0.508 e. The van der Waals surface area contributed by atoms with Gasteiger partial charge in [0.2, 0.25) is 0 Å². The number of fused-ring (bicyclic) bond motifs is 1. The van der Waals surface area contributed by atoms with Gasteiger partial charge in [-0.15, -0.1) is 0 Å². The summed E-state index contributed by atoms with van der Waals surface area (Å²) in [5.74, 6) is 0.513. The van der Waals surface area contributed by atoms with Gasteiger partial charge in [-0.3, -0.25) is 0 Å². The van der Waals surface area contributed by atoms with Crippen molar-refractivity contribution in [3.63, 3.8) is 0 Å². The molecule has 1 aromatic rings. The van der Waals surface area contributed by atoms with E-state index in [2.05, 4.69) is 13.0 Å². The first-order valence-electron chi connectivity index (χ1n) is 7.65. The second-order valence-corrected chi connectivity index (χ2v) is 5.57. The zero-order chi connectivity index (χ0) is 12.8. The quantitative estimate of drug-likeness (QED) is 0.654. The van der Waals surface area contributed by atoms with E-state index in [4.69, 9.17) is 0 Å². The molecule has 0 aromatic heterocycles. The van der Waals surface area contributed by atoms with E-state index in [1.165, 1.54) is 74.5 Å². The second kappa shape index (κ2) is 6.82. The number of benzene rings is 1. The van der Waals surface area contributed by atoms with E-state index in [1.807, 2.05) is 6.07 Å². The molecular weight excluding hydrogens is 220 g/mol. The van der Waals surface area contributed by atoms with Crippen LogP contribution in [0.25, 0.3) is 0 Å². The number of unbranched alkanes of at least 4 members (excludes halogenated alkanes) is 6. The highest BCUT2D eigenvalue weighted by Crippen LogP contribution is 2.34. The molecule has 0 heterocycles. The number of phenols is 1. The van der Waals surface area contributed by atoms with Crippen molar-refractivity contribution in [1.82, 2.24) is 0 Å². The highest BCUT2D eigenvalue weighted by Gasteiger charge is 2.20. The Morgan fingerprint density at radius 1 is 0.889 bits per heavy atom. The van der Waals surface area contributed by atoms with Crippen molar-refractivity contribution in [3.8, 4) is 5.75 Å². The van der Waals surface area contributed by atoms with Gasteiger partial charge in [-0.25, -0.2) is 0 Å². The molecule has 0 radical (unpaired) electrons. The lowest BCUT2D eigenvalue weighted by Gasteiger charge is -2.23. The van der Waals surface area contributed by atoms with Crippen LogP contribution in [0.4, 0.5) is 0 Å². The molecule has 1 aliphatic rings. The lowest BCUT2D eigenvalue weighted by molar-refractivity contribution is 0.460. The fourth-order valence-electron chi connectivity index (χ4n) is 2.90. The Kier molecular flexibility index (Phi) is 5.10. The molecule has 1 aromatic carbocycles. The predicted molar refractivity (Wildman–Crippen MR) is 77.2 cm³/mol. The Labute approximate surface area is 111 Å². The lowest BCUT2D eigenvalue weighted by atomic mass is 9.82. The minimum Gasteiger partial charge on any atom is -0.508 e. The van der Waals surface area contributed by atoms with Crippen molar-refractivity contribution < 1.29 is 5.11 Å². The van der Waals surface area contributed by atoms with Crippen molar-refractivity contribution in [2.45, 2.75) is 71.1 Å². The second-order valence-electron chi connectivity index (χ2n) is 5.57. The molecule has 100 valence electrons. The number of phenolic OH excluding ortho intramolecular Hbond substituents is 1. The van der Waals surface area contributed by atoms with Gasteiger partial charge in [0, 0.05) is 0 Å². The van der Waals surface area contributed by atoms with Gasteiger partial charge in [-0.2, -0.15) is 0 Å². The van der Waals surface area contributed by atoms with Gasteiger partial charge in [0.1, 0.15) is 5.75 Å².